The lowest BCUT2D eigenvalue weighted by atomic mass is 10.1. The smallest absolute Gasteiger partial charge is 0.254 e. The van der Waals surface area contributed by atoms with Crippen molar-refractivity contribution in [2.45, 2.75) is 33.7 Å². The SMILES string of the molecule is Cc1ccc(-n2nc(C)c(CC(=O)NCc3ccc(C(=O)N4CCNC(=O)C4)cc3)c2C)cc1Cl. The number of carbonyl (C=O) groups excluding carboxylic acids is 3. The van der Waals surface area contributed by atoms with Crippen molar-refractivity contribution in [2.24, 2.45) is 0 Å². The highest BCUT2D eigenvalue weighted by molar-refractivity contribution is 6.31. The highest BCUT2D eigenvalue weighted by atomic mass is 35.5. The number of carbonyl (C=O) groups is 3. The normalized spacial score (nSPS) is 13.5. The predicted molar refractivity (Wildman–Crippen MR) is 134 cm³/mol. The van der Waals surface area contributed by atoms with Gasteiger partial charge in [-0.1, -0.05) is 29.8 Å². The number of piperazine rings is 1. The van der Waals surface area contributed by atoms with Gasteiger partial charge in [-0.3, -0.25) is 14.4 Å². The quantitative estimate of drug-likeness (QED) is 0.552. The summed E-state index contributed by atoms with van der Waals surface area (Å²) in [6, 6.07) is 12.8. The van der Waals surface area contributed by atoms with E-state index < -0.39 is 0 Å². The maximum atomic E-state index is 12.7. The van der Waals surface area contributed by atoms with Crippen LogP contribution in [0.5, 0.6) is 0 Å². The number of aromatic nitrogens is 2. The molecule has 1 fully saturated rings. The summed E-state index contributed by atoms with van der Waals surface area (Å²) < 4.78 is 1.81. The molecular weight excluding hydrogens is 466 g/mol. The van der Waals surface area contributed by atoms with Crippen LogP contribution < -0.4 is 10.6 Å². The summed E-state index contributed by atoms with van der Waals surface area (Å²) in [6.45, 7) is 7.16. The molecule has 4 rings (SSSR count). The first-order valence-corrected chi connectivity index (χ1v) is 11.8. The molecule has 0 unspecified atom stereocenters. The first kappa shape index (κ1) is 24.5. The minimum atomic E-state index is -0.173. The zero-order chi connectivity index (χ0) is 25.1. The molecule has 0 saturated carbocycles. The molecule has 3 aromatic rings. The minimum Gasteiger partial charge on any atom is -0.353 e. The molecule has 2 heterocycles. The van der Waals surface area contributed by atoms with Crippen LogP contribution in [0.2, 0.25) is 5.02 Å². The standard InChI is InChI=1S/C26H28ClN5O3/c1-16-4-9-21(12-23(16)27)32-18(3)22(17(2)30-32)13-24(33)29-14-19-5-7-20(8-6-19)26(35)31-11-10-28-25(34)15-31/h4-9,12H,10-11,13-15H2,1-3H3,(H,28,34)(H,29,33). The second-order valence-corrected chi connectivity index (χ2v) is 9.13. The van der Waals surface area contributed by atoms with Crippen LogP contribution in [0.3, 0.4) is 0 Å². The van der Waals surface area contributed by atoms with Gasteiger partial charge in [-0.15, -0.1) is 0 Å². The molecule has 0 aliphatic carbocycles. The van der Waals surface area contributed by atoms with E-state index in [-0.39, 0.29) is 30.7 Å². The average Bonchev–Trinajstić information content (AvgIpc) is 3.12. The third-order valence-corrected chi connectivity index (χ3v) is 6.60. The van der Waals surface area contributed by atoms with E-state index in [1.54, 1.807) is 12.1 Å². The van der Waals surface area contributed by atoms with Gasteiger partial charge in [0.15, 0.2) is 0 Å². The Balaban J connectivity index is 1.36. The molecule has 1 aliphatic heterocycles. The van der Waals surface area contributed by atoms with Gasteiger partial charge in [0.25, 0.3) is 5.91 Å². The van der Waals surface area contributed by atoms with Crippen molar-refractivity contribution in [3.8, 4) is 5.69 Å². The number of rotatable bonds is 6. The average molecular weight is 494 g/mol. The molecule has 0 bridgehead atoms. The zero-order valence-electron chi connectivity index (χ0n) is 20.0. The van der Waals surface area contributed by atoms with Gasteiger partial charge >= 0.3 is 0 Å². The maximum absolute atomic E-state index is 12.7. The highest BCUT2D eigenvalue weighted by Gasteiger charge is 2.22. The molecule has 2 N–H and O–H groups in total. The number of halogens is 1. The summed E-state index contributed by atoms with van der Waals surface area (Å²) in [4.78, 5) is 38.3. The van der Waals surface area contributed by atoms with Crippen LogP contribution in [0, 0.1) is 20.8 Å². The van der Waals surface area contributed by atoms with Crippen LogP contribution in [0.4, 0.5) is 0 Å². The van der Waals surface area contributed by atoms with Crippen LogP contribution in [0.1, 0.15) is 38.4 Å². The fourth-order valence-corrected chi connectivity index (χ4v) is 4.25. The molecule has 1 saturated heterocycles. The topological polar surface area (TPSA) is 96.3 Å². The van der Waals surface area contributed by atoms with Gasteiger partial charge in [0.1, 0.15) is 0 Å². The number of nitrogens with zero attached hydrogens (tertiary/aromatic N) is 3. The molecule has 1 aliphatic rings. The van der Waals surface area contributed by atoms with E-state index in [9.17, 15) is 14.4 Å². The van der Waals surface area contributed by atoms with Crippen molar-refractivity contribution >= 4 is 29.3 Å². The van der Waals surface area contributed by atoms with Gasteiger partial charge < -0.3 is 15.5 Å². The van der Waals surface area contributed by atoms with Crippen molar-refractivity contribution in [3.05, 3.63) is 81.1 Å². The number of hydrogen-bond acceptors (Lipinski definition) is 4. The van der Waals surface area contributed by atoms with Gasteiger partial charge in [0, 0.05) is 41.5 Å². The Morgan fingerprint density at radius 1 is 1.11 bits per heavy atom. The molecule has 8 nitrogen and oxygen atoms in total. The Hall–Kier alpha value is -3.65. The fraction of sp³-hybridized carbons (Fsp3) is 0.308. The van der Waals surface area contributed by atoms with E-state index in [2.05, 4.69) is 15.7 Å². The third kappa shape index (κ3) is 5.54. The molecule has 0 atom stereocenters. The van der Waals surface area contributed by atoms with Crippen LogP contribution in [-0.4, -0.2) is 52.0 Å². The van der Waals surface area contributed by atoms with Gasteiger partial charge in [-0.2, -0.15) is 5.10 Å². The second kappa shape index (κ2) is 10.3. The van der Waals surface area contributed by atoms with Crippen molar-refractivity contribution in [2.75, 3.05) is 19.6 Å². The summed E-state index contributed by atoms with van der Waals surface area (Å²) in [5, 5.41) is 10.9. The summed E-state index contributed by atoms with van der Waals surface area (Å²) in [7, 11) is 0. The Bertz CT molecular complexity index is 1280. The van der Waals surface area contributed by atoms with Gasteiger partial charge in [-0.05, 0) is 56.2 Å². The van der Waals surface area contributed by atoms with E-state index in [1.807, 2.05) is 55.8 Å². The number of hydrogen-bond donors (Lipinski definition) is 2. The molecule has 3 amide bonds. The Kier molecular flexibility index (Phi) is 7.21. The highest BCUT2D eigenvalue weighted by Crippen LogP contribution is 2.23. The third-order valence-electron chi connectivity index (χ3n) is 6.19. The van der Waals surface area contributed by atoms with Crippen LogP contribution in [0.15, 0.2) is 42.5 Å². The monoisotopic (exact) mass is 493 g/mol. The van der Waals surface area contributed by atoms with Crippen LogP contribution >= 0.6 is 11.6 Å². The number of amides is 3. The largest absolute Gasteiger partial charge is 0.353 e. The van der Waals surface area contributed by atoms with Crippen LogP contribution in [-0.2, 0) is 22.6 Å². The first-order chi connectivity index (χ1) is 16.7. The molecular formula is C26H28ClN5O3. The second-order valence-electron chi connectivity index (χ2n) is 8.72. The van der Waals surface area contributed by atoms with E-state index >= 15 is 0 Å². The lowest BCUT2D eigenvalue weighted by molar-refractivity contribution is -0.123. The molecule has 1 aromatic heterocycles. The molecule has 9 heteroatoms. The van der Waals surface area contributed by atoms with Crippen LogP contribution in [0.25, 0.3) is 5.69 Å². The first-order valence-electron chi connectivity index (χ1n) is 11.5. The molecule has 35 heavy (non-hydrogen) atoms. The molecule has 0 radical (unpaired) electrons. The summed E-state index contributed by atoms with van der Waals surface area (Å²) in [5.41, 5.74) is 5.82. The van der Waals surface area contributed by atoms with E-state index in [0.717, 1.165) is 33.8 Å². The fourth-order valence-electron chi connectivity index (χ4n) is 4.08. The van der Waals surface area contributed by atoms with E-state index in [4.69, 9.17) is 11.6 Å². The Morgan fingerprint density at radius 3 is 2.54 bits per heavy atom. The maximum Gasteiger partial charge on any atom is 0.254 e. The van der Waals surface area contributed by atoms with Crippen molar-refractivity contribution in [1.82, 2.24) is 25.3 Å². The Labute approximate surface area is 209 Å². The molecule has 182 valence electrons. The number of benzene rings is 2. The molecule has 2 aromatic carbocycles. The summed E-state index contributed by atoms with van der Waals surface area (Å²) >= 11 is 6.28. The zero-order valence-corrected chi connectivity index (χ0v) is 20.8. The number of nitrogens with one attached hydrogen (secondary N) is 2. The van der Waals surface area contributed by atoms with E-state index in [1.165, 1.54) is 4.90 Å². The van der Waals surface area contributed by atoms with E-state index in [0.29, 0.717) is 30.2 Å². The minimum absolute atomic E-state index is 0.0724. The van der Waals surface area contributed by atoms with Crippen molar-refractivity contribution in [3.63, 3.8) is 0 Å². The lowest BCUT2D eigenvalue weighted by Gasteiger charge is -2.26. The molecule has 0 spiro atoms. The van der Waals surface area contributed by atoms with Crippen molar-refractivity contribution < 1.29 is 14.4 Å². The van der Waals surface area contributed by atoms with Gasteiger partial charge in [-0.25, -0.2) is 4.68 Å². The predicted octanol–water partition coefficient (Wildman–Crippen LogP) is 2.88. The lowest BCUT2D eigenvalue weighted by Crippen LogP contribution is -2.49. The number of aryl methyl sites for hydroxylation is 2. The summed E-state index contributed by atoms with van der Waals surface area (Å²) in [6.07, 6.45) is 0.213. The van der Waals surface area contributed by atoms with Gasteiger partial charge in [0.2, 0.25) is 11.8 Å². The van der Waals surface area contributed by atoms with Gasteiger partial charge in [0.05, 0.1) is 24.3 Å². The van der Waals surface area contributed by atoms with Crippen molar-refractivity contribution in [1.29, 1.82) is 0 Å². The summed E-state index contributed by atoms with van der Waals surface area (Å²) in [5.74, 6) is -0.437. The Morgan fingerprint density at radius 2 is 1.86 bits per heavy atom.